The molecule has 0 spiro atoms. The summed E-state index contributed by atoms with van der Waals surface area (Å²) < 4.78 is 6.13. The molecule has 0 heterocycles. The largest absolute Gasteiger partial charge is 0.376 e. The normalized spacial score (nSPS) is 20.4. The Labute approximate surface area is 178 Å². The molecule has 0 saturated heterocycles. The number of halogens is 1. The molecular formula is C25H26BrOP. The van der Waals surface area contributed by atoms with Crippen LogP contribution in [0.3, 0.4) is 0 Å². The van der Waals surface area contributed by atoms with Gasteiger partial charge in [-0.05, 0) is 42.2 Å². The lowest BCUT2D eigenvalue weighted by Crippen LogP contribution is -2.28. The molecule has 28 heavy (non-hydrogen) atoms. The van der Waals surface area contributed by atoms with E-state index in [1.165, 1.54) is 40.7 Å². The van der Waals surface area contributed by atoms with Gasteiger partial charge in [-0.15, -0.1) is 0 Å². The van der Waals surface area contributed by atoms with Gasteiger partial charge in [0.05, 0.1) is 6.10 Å². The fourth-order valence-corrected chi connectivity index (χ4v) is 7.69. The van der Waals surface area contributed by atoms with E-state index in [1.807, 2.05) is 7.11 Å². The van der Waals surface area contributed by atoms with Gasteiger partial charge in [-0.25, -0.2) is 0 Å². The van der Waals surface area contributed by atoms with Crippen LogP contribution in [0.2, 0.25) is 0 Å². The Balaban J connectivity index is 1.84. The summed E-state index contributed by atoms with van der Waals surface area (Å²) in [7, 11) is 1.24. The molecule has 3 atom stereocenters. The van der Waals surface area contributed by atoms with E-state index in [0.29, 0.717) is 10.7 Å². The number of benzene rings is 3. The van der Waals surface area contributed by atoms with Gasteiger partial charge in [-0.2, -0.15) is 0 Å². The number of hydrogen-bond acceptors (Lipinski definition) is 1. The van der Waals surface area contributed by atoms with E-state index in [2.05, 4.69) is 101 Å². The van der Waals surface area contributed by atoms with E-state index in [1.54, 1.807) is 0 Å². The van der Waals surface area contributed by atoms with Crippen LogP contribution < -0.4 is 15.9 Å². The molecule has 0 N–H and O–H groups in total. The molecule has 1 aliphatic carbocycles. The molecule has 3 aromatic carbocycles. The molecule has 4 rings (SSSR count). The Morgan fingerprint density at radius 2 is 1.39 bits per heavy atom. The van der Waals surface area contributed by atoms with Gasteiger partial charge in [0.15, 0.2) is 0 Å². The molecule has 0 bridgehead atoms. The summed E-state index contributed by atoms with van der Waals surface area (Å²) in [6.45, 7) is 0. The number of rotatable bonds is 6. The summed E-state index contributed by atoms with van der Waals surface area (Å²) >= 11 is 3.92. The van der Waals surface area contributed by atoms with Crippen LogP contribution in [0.5, 0.6) is 0 Å². The zero-order valence-corrected chi connectivity index (χ0v) is 18.7. The van der Waals surface area contributed by atoms with Crippen molar-refractivity contribution in [3.05, 3.63) is 90.5 Å². The van der Waals surface area contributed by atoms with Crippen molar-refractivity contribution in [1.82, 2.24) is 0 Å². The van der Waals surface area contributed by atoms with E-state index in [4.69, 9.17) is 4.74 Å². The topological polar surface area (TPSA) is 9.23 Å². The molecule has 0 aromatic heterocycles. The van der Waals surface area contributed by atoms with Gasteiger partial charge >= 0.3 is 0 Å². The Morgan fingerprint density at radius 1 is 0.821 bits per heavy atom. The summed E-state index contributed by atoms with van der Waals surface area (Å²) in [5.74, 6) is 0.523. The SMILES string of the molecule is CO[C@@H](c1ccccc1P(c1ccccc1)c1ccccc1)C1CCC[C@@H]1Br. The van der Waals surface area contributed by atoms with Crippen molar-refractivity contribution in [3.63, 3.8) is 0 Å². The minimum Gasteiger partial charge on any atom is -0.376 e. The lowest BCUT2D eigenvalue weighted by Gasteiger charge is -2.30. The van der Waals surface area contributed by atoms with Crippen LogP contribution in [0.1, 0.15) is 30.9 Å². The number of ether oxygens (including phenoxy) is 1. The molecule has 1 unspecified atom stereocenters. The number of methoxy groups -OCH3 is 1. The average Bonchev–Trinajstić information content (AvgIpc) is 3.17. The zero-order valence-electron chi connectivity index (χ0n) is 16.2. The third kappa shape index (κ3) is 4.10. The van der Waals surface area contributed by atoms with Crippen molar-refractivity contribution in [2.24, 2.45) is 5.92 Å². The summed E-state index contributed by atoms with van der Waals surface area (Å²) in [5, 5.41) is 4.17. The van der Waals surface area contributed by atoms with Gasteiger partial charge in [0.25, 0.3) is 0 Å². The van der Waals surface area contributed by atoms with Gasteiger partial charge in [-0.3, -0.25) is 0 Å². The van der Waals surface area contributed by atoms with Crippen molar-refractivity contribution in [2.75, 3.05) is 7.11 Å². The quantitative estimate of drug-likeness (QED) is 0.344. The fraction of sp³-hybridized carbons (Fsp3) is 0.280. The van der Waals surface area contributed by atoms with E-state index >= 15 is 0 Å². The maximum Gasteiger partial charge on any atom is 0.0866 e. The van der Waals surface area contributed by atoms with Gasteiger partial charge in [0, 0.05) is 17.9 Å². The van der Waals surface area contributed by atoms with Crippen molar-refractivity contribution in [1.29, 1.82) is 0 Å². The maximum atomic E-state index is 6.13. The Bertz CT molecular complexity index is 844. The van der Waals surface area contributed by atoms with Crippen molar-refractivity contribution in [2.45, 2.75) is 30.2 Å². The average molecular weight is 453 g/mol. The van der Waals surface area contributed by atoms with Crippen LogP contribution in [0.15, 0.2) is 84.9 Å². The fourth-order valence-electron chi connectivity index (χ4n) is 4.33. The molecule has 3 aromatic rings. The molecule has 144 valence electrons. The third-order valence-electron chi connectivity index (χ3n) is 5.64. The van der Waals surface area contributed by atoms with Crippen molar-refractivity contribution >= 4 is 39.8 Å². The summed E-state index contributed by atoms with van der Waals surface area (Å²) in [5.41, 5.74) is 1.35. The van der Waals surface area contributed by atoms with E-state index in [0.717, 1.165) is 0 Å². The first-order chi connectivity index (χ1) is 13.8. The van der Waals surface area contributed by atoms with Gasteiger partial charge in [-0.1, -0.05) is 107 Å². The first kappa shape index (κ1) is 19.8. The van der Waals surface area contributed by atoms with Crippen molar-refractivity contribution < 1.29 is 4.74 Å². The molecule has 1 saturated carbocycles. The second kappa shape index (κ2) is 9.35. The minimum absolute atomic E-state index is 0.125. The Hall–Kier alpha value is -1.47. The molecule has 0 radical (unpaired) electrons. The van der Waals surface area contributed by atoms with Gasteiger partial charge < -0.3 is 4.74 Å². The third-order valence-corrected chi connectivity index (χ3v) is 9.29. The van der Waals surface area contributed by atoms with Gasteiger partial charge in [0.2, 0.25) is 0 Å². The van der Waals surface area contributed by atoms with Gasteiger partial charge in [0.1, 0.15) is 0 Å². The number of hydrogen-bond donors (Lipinski definition) is 0. The first-order valence-electron chi connectivity index (χ1n) is 9.95. The highest BCUT2D eigenvalue weighted by molar-refractivity contribution is 9.09. The standard InChI is InChI=1S/C25H26BrOP/c1-27-25(21-16-10-17-23(21)26)22-15-8-9-18-24(22)28(19-11-4-2-5-12-19)20-13-6-3-7-14-20/h2-9,11-15,18,21,23,25H,10,16-17H2,1H3/t21?,23-,25+/m0/s1. The highest BCUT2D eigenvalue weighted by atomic mass is 79.9. The Kier molecular flexibility index (Phi) is 6.62. The second-order valence-corrected chi connectivity index (χ2v) is 10.7. The smallest absolute Gasteiger partial charge is 0.0866 e. The molecule has 3 heteroatoms. The first-order valence-corrected chi connectivity index (χ1v) is 12.2. The second-order valence-electron chi connectivity index (χ2n) is 7.33. The number of alkyl halides is 1. The molecular weight excluding hydrogens is 427 g/mol. The molecule has 1 nitrogen and oxygen atoms in total. The van der Waals surface area contributed by atoms with Crippen LogP contribution in [0.25, 0.3) is 0 Å². The predicted octanol–water partition coefficient (Wildman–Crippen LogP) is 5.70. The minimum atomic E-state index is -0.629. The summed E-state index contributed by atoms with van der Waals surface area (Å²) in [6, 6.07) is 30.8. The molecule has 0 amide bonds. The lowest BCUT2D eigenvalue weighted by atomic mass is 9.94. The van der Waals surface area contributed by atoms with Crippen LogP contribution in [-0.4, -0.2) is 11.9 Å². The Morgan fingerprint density at radius 3 is 1.93 bits per heavy atom. The lowest BCUT2D eigenvalue weighted by molar-refractivity contribution is 0.0568. The maximum absolute atomic E-state index is 6.13. The highest BCUT2D eigenvalue weighted by Gasteiger charge is 2.35. The van der Waals surface area contributed by atoms with E-state index in [9.17, 15) is 0 Å². The highest BCUT2D eigenvalue weighted by Crippen LogP contribution is 2.44. The zero-order chi connectivity index (χ0) is 19.3. The summed E-state index contributed by atoms with van der Waals surface area (Å²) in [6.07, 6.45) is 3.85. The molecule has 0 aliphatic heterocycles. The predicted molar refractivity (Wildman–Crippen MR) is 125 cm³/mol. The van der Waals surface area contributed by atoms with E-state index in [-0.39, 0.29) is 6.10 Å². The van der Waals surface area contributed by atoms with Crippen LogP contribution in [0.4, 0.5) is 0 Å². The molecule has 1 aliphatic rings. The summed E-state index contributed by atoms with van der Waals surface area (Å²) in [4.78, 5) is 0.533. The van der Waals surface area contributed by atoms with Crippen LogP contribution in [-0.2, 0) is 4.74 Å². The monoisotopic (exact) mass is 452 g/mol. The van der Waals surface area contributed by atoms with Crippen molar-refractivity contribution in [3.8, 4) is 0 Å². The van der Waals surface area contributed by atoms with Crippen LogP contribution in [0, 0.1) is 5.92 Å². The van der Waals surface area contributed by atoms with E-state index < -0.39 is 7.92 Å². The molecule has 1 fully saturated rings. The van der Waals surface area contributed by atoms with Crippen LogP contribution >= 0.6 is 23.9 Å².